The van der Waals surface area contributed by atoms with Gasteiger partial charge in [-0.1, -0.05) is 133 Å². The first-order chi connectivity index (χ1) is 24.3. The molecule has 2 nitrogen and oxygen atoms in total. The summed E-state index contributed by atoms with van der Waals surface area (Å²) >= 11 is 0. The van der Waals surface area contributed by atoms with Crippen LogP contribution in [0.15, 0.2) is 170 Å². The van der Waals surface area contributed by atoms with Crippen LogP contribution >= 0.6 is 0 Å². The van der Waals surface area contributed by atoms with Gasteiger partial charge in [-0.3, -0.25) is 0 Å². The first-order valence-electron chi connectivity index (χ1n) is 16.6. The lowest BCUT2D eigenvalue weighted by Gasteiger charge is -2.15. The average molecular weight is 621 g/mol. The van der Waals surface area contributed by atoms with E-state index in [4.69, 9.17) is 6.57 Å². The molecule has 2 heteroatoms. The van der Waals surface area contributed by atoms with E-state index in [0.717, 1.165) is 5.56 Å². The SMILES string of the molecule is [C-]#[N+]c1ccc(-c2ccc(-c3ccc4c(c3)c3ccccc3c3cc5c(cc43)c3ccccc3n5-c3ccccc3)c3ccccc23)cc1. The normalized spacial score (nSPS) is 11.7. The molecule has 0 aliphatic heterocycles. The van der Waals surface area contributed by atoms with Crippen LogP contribution < -0.4 is 0 Å². The number of fused-ring (bicyclic) bond motifs is 10. The average Bonchev–Trinajstić information content (AvgIpc) is 3.50. The molecule has 1 aromatic heterocycles. The Morgan fingerprint density at radius 2 is 0.878 bits per heavy atom. The lowest BCUT2D eigenvalue weighted by molar-refractivity contribution is 1.18. The highest BCUT2D eigenvalue weighted by molar-refractivity contribution is 6.29. The molecule has 0 spiro atoms. The fraction of sp³-hybridized carbons (Fsp3) is 0. The molecular formula is C47H28N2. The van der Waals surface area contributed by atoms with E-state index < -0.39 is 0 Å². The maximum absolute atomic E-state index is 7.35. The Morgan fingerprint density at radius 1 is 0.347 bits per heavy atom. The summed E-state index contributed by atoms with van der Waals surface area (Å²) in [5.74, 6) is 0. The highest BCUT2D eigenvalue weighted by Gasteiger charge is 2.17. The molecule has 0 aliphatic rings. The minimum Gasteiger partial charge on any atom is -0.309 e. The van der Waals surface area contributed by atoms with Crippen molar-refractivity contribution in [2.75, 3.05) is 0 Å². The first kappa shape index (κ1) is 27.4. The Balaban J connectivity index is 1.24. The lowest BCUT2D eigenvalue weighted by atomic mass is 9.89. The molecule has 0 saturated carbocycles. The highest BCUT2D eigenvalue weighted by atomic mass is 15.0. The van der Waals surface area contributed by atoms with Gasteiger partial charge in [0.05, 0.1) is 17.6 Å². The van der Waals surface area contributed by atoms with Gasteiger partial charge < -0.3 is 4.57 Å². The second-order valence-corrected chi connectivity index (χ2v) is 12.8. The van der Waals surface area contributed by atoms with Gasteiger partial charge in [-0.2, -0.15) is 0 Å². The maximum Gasteiger partial charge on any atom is 0.187 e. The van der Waals surface area contributed by atoms with Gasteiger partial charge in [0.25, 0.3) is 0 Å². The summed E-state index contributed by atoms with van der Waals surface area (Å²) in [5.41, 5.74) is 8.96. The van der Waals surface area contributed by atoms with Crippen molar-refractivity contribution in [1.29, 1.82) is 0 Å². The van der Waals surface area contributed by atoms with Crippen LogP contribution in [0.4, 0.5) is 5.69 Å². The number of benzene rings is 9. The van der Waals surface area contributed by atoms with Crippen molar-refractivity contribution in [3.05, 3.63) is 181 Å². The molecule has 0 radical (unpaired) electrons. The summed E-state index contributed by atoms with van der Waals surface area (Å²) in [6.07, 6.45) is 0. The Hall–Kier alpha value is -6.69. The summed E-state index contributed by atoms with van der Waals surface area (Å²) in [7, 11) is 0. The zero-order valence-corrected chi connectivity index (χ0v) is 26.6. The van der Waals surface area contributed by atoms with Crippen LogP contribution in [0.1, 0.15) is 0 Å². The molecule has 9 aromatic carbocycles. The monoisotopic (exact) mass is 620 g/mol. The molecule has 10 rings (SSSR count). The predicted molar refractivity (Wildman–Crippen MR) is 208 cm³/mol. The number of rotatable bonds is 3. The zero-order valence-electron chi connectivity index (χ0n) is 26.6. The molecule has 0 saturated heterocycles. The Kier molecular flexibility index (Phi) is 5.97. The molecule has 0 bridgehead atoms. The summed E-state index contributed by atoms with van der Waals surface area (Å²) in [6.45, 7) is 7.35. The lowest BCUT2D eigenvalue weighted by Crippen LogP contribution is -1.93. The zero-order chi connectivity index (χ0) is 32.5. The van der Waals surface area contributed by atoms with Gasteiger partial charge in [0.2, 0.25) is 0 Å². The Bertz CT molecular complexity index is 2980. The smallest absolute Gasteiger partial charge is 0.187 e. The third kappa shape index (κ3) is 4.13. The van der Waals surface area contributed by atoms with Gasteiger partial charge >= 0.3 is 0 Å². The fourth-order valence-corrected chi connectivity index (χ4v) is 7.96. The van der Waals surface area contributed by atoms with Gasteiger partial charge in [-0.15, -0.1) is 0 Å². The number of hydrogen-bond donors (Lipinski definition) is 0. The van der Waals surface area contributed by atoms with Crippen molar-refractivity contribution in [2.45, 2.75) is 0 Å². The number of aromatic nitrogens is 1. The van der Waals surface area contributed by atoms with Crippen molar-refractivity contribution >= 4 is 70.6 Å². The van der Waals surface area contributed by atoms with Crippen LogP contribution in [0.2, 0.25) is 0 Å². The predicted octanol–water partition coefficient (Wildman–Crippen LogP) is 13.3. The standard InChI is InChI=1S/C47H28N2/c1-48-32-22-19-30(20-23-32)34-25-26-35(37-14-6-5-13-36(34)37)31-21-24-40-42(27-31)38-15-7-8-16-39(38)44-29-47-45(28-43(40)44)41-17-9-10-18-46(41)49(47)33-11-3-2-4-12-33/h2-29H. The van der Waals surface area contributed by atoms with Crippen molar-refractivity contribution in [3.63, 3.8) is 0 Å². The molecule has 0 unspecified atom stereocenters. The summed E-state index contributed by atoms with van der Waals surface area (Å²) < 4.78 is 2.40. The molecule has 0 N–H and O–H groups in total. The van der Waals surface area contributed by atoms with Gasteiger partial charge in [0.1, 0.15) is 0 Å². The van der Waals surface area contributed by atoms with E-state index in [-0.39, 0.29) is 0 Å². The van der Waals surface area contributed by atoms with Crippen molar-refractivity contribution < 1.29 is 0 Å². The summed E-state index contributed by atoms with van der Waals surface area (Å²) in [6, 6.07) is 61.2. The van der Waals surface area contributed by atoms with E-state index in [1.165, 1.54) is 87.3 Å². The van der Waals surface area contributed by atoms with Crippen LogP contribution in [-0.2, 0) is 0 Å². The van der Waals surface area contributed by atoms with Crippen LogP contribution in [0, 0.1) is 6.57 Å². The third-order valence-corrected chi connectivity index (χ3v) is 10.2. The van der Waals surface area contributed by atoms with Gasteiger partial charge in [-0.05, 0) is 102 Å². The van der Waals surface area contributed by atoms with Gasteiger partial charge in [0, 0.05) is 16.5 Å². The Morgan fingerprint density at radius 3 is 1.57 bits per heavy atom. The number of para-hydroxylation sites is 2. The van der Waals surface area contributed by atoms with Crippen LogP contribution in [0.25, 0.3) is 97.7 Å². The summed E-state index contributed by atoms with van der Waals surface area (Å²) in [4.78, 5) is 3.58. The van der Waals surface area contributed by atoms with E-state index in [1.54, 1.807) is 0 Å². The second kappa shape index (κ2) is 10.7. The van der Waals surface area contributed by atoms with E-state index in [9.17, 15) is 0 Å². The topological polar surface area (TPSA) is 9.29 Å². The third-order valence-electron chi connectivity index (χ3n) is 10.2. The minimum absolute atomic E-state index is 0.656. The fourth-order valence-electron chi connectivity index (χ4n) is 7.96. The molecule has 226 valence electrons. The largest absolute Gasteiger partial charge is 0.309 e. The van der Waals surface area contributed by atoms with E-state index in [2.05, 4.69) is 167 Å². The number of nitrogens with zero attached hydrogens (tertiary/aromatic N) is 2. The molecule has 10 aromatic rings. The van der Waals surface area contributed by atoms with Gasteiger partial charge in [-0.25, -0.2) is 4.85 Å². The summed E-state index contributed by atoms with van der Waals surface area (Å²) in [5, 5.41) is 12.5. The maximum atomic E-state index is 7.35. The molecular weight excluding hydrogens is 593 g/mol. The Labute approximate surface area is 283 Å². The molecule has 1 heterocycles. The molecule has 0 atom stereocenters. The van der Waals surface area contributed by atoms with Crippen LogP contribution in [-0.4, -0.2) is 4.57 Å². The van der Waals surface area contributed by atoms with Crippen molar-refractivity contribution in [1.82, 2.24) is 4.57 Å². The number of hydrogen-bond acceptors (Lipinski definition) is 0. The highest BCUT2D eigenvalue weighted by Crippen LogP contribution is 2.43. The van der Waals surface area contributed by atoms with Gasteiger partial charge in [0.15, 0.2) is 5.69 Å². The van der Waals surface area contributed by atoms with Crippen LogP contribution in [0.3, 0.4) is 0 Å². The van der Waals surface area contributed by atoms with Crippen molar-refractivity contribution in [2.24, 2.45) is 0 Å². The molecule has 0 amide bonds. The molecule has 0 aliphatic carbocycles. The van der Waals surface area contributed by atoms with Crippen molar-refractivity contribution in [3.8, 4) is 27.9 Å². The molecule has 49 heavy (non-hydrogen) atoms. The quantitative estimate of drug-likeness (QED) is 0.137. The second-order valence-electron chi connectivity index (χ2n) is 12.8. The van der Waals surface area contributed by atoms with E-state index in [1.807, 2.05) is 12.1 Å². The van der Waals surface area contributed by atoms with E-state index >= 15 is 0 Å². The van der Waals surface area contributed by atoms with E-state index in [0.29, 0.717) is 5.69 Å². The minimum atomic E-state index is 0.656. The first-order valence-corrected chi connectivity index (χ1v) is 16.6. The molecule has 0 fully saturated rings. The van der Waals surface area contributed by atoms with Crippen LogP contribution in [0.5, 0.6) is 0 Å².